The highest BCUT2D eigenvalue weighted by Crippen LogP contribution is 2.29. The predicted molar refractivity (Wildman–Crippen MR) is 96.2 cm³/mol. The van der Waals surface area contributed by atoms with E-state index in [4.69, 9.17) is 4.74 Å². The Morgan fingerprint density at radius 1 is 1.12 bits per heavy atom. The molecule has 0 spiro atoms. The first-order valence-electron chi connectivity index (χ1n) is 8.42. The number of carbonyl (C=O) groups is 2. The minimum absolute atomic E-state index is 0.0160. The molecule has 1 aliphatic heterocycles. The minimum Gasteiger partial charge on any atom is -0.373 e. The number of amides is 2. The van der Waals surface area contributed by atoms with Crippen LogP contribution < -0.4 is 5.32 Å². The van der Waals surface area contributed by atoms with Crippen molar-refractivity contribution in [3.05, 3.63) is 65.7 Å². The lowest BCUT2D eigenvalue weighted by atomic mass is 9.95. The summed E-state index contributed by atoms with van der Waals surface area (Å²) in [5, 5.41) is 2.78. The van der Waals surface area contributed by atoms with Gasteiger partial charge >= 0.3 is 0 Å². The van der Waals surface area contributed by atoms with Gasteiger partial charge in [-0.2, -0.15) is 0 Å². The number of carbonyl (C=O) groups excluding carboxylic acids is 2. The van der Waals surface area contributed by atoms with Gasteiger partial charge in [-0.05, 0) is 29.7 Å². The molecule has 5 nitrogen and oxygen atoms in total. The van der Waals surface area contributed by atoms with Crippen molar-refractivity contribution in [3.8, 4) is 0 Å². The van der Waals surface area contributed by atoms with Gasteiger partial charge in [0.2, 0.25) is 11.8 Å². The summed E-state index contributed by atoms with van der Waals surface area (Å²) in [6.07, 6.45) is 0.875. The lowest BCUT2D eigenvalue weighted by molar-refractivity contribution is -0.136. The third kappa shape index (κ3) is 4.45. The number of likely N-dealkylation sites (N-methyl/N-ethyl adjacent to an activating group) is 1. The van der Waals surface area contributed by atoms with E-state index in [1.807, 2.05) is 48.5 Å². The molecule has 1 aliphatic rings. The van der Waals surface area contributed by atoms with Crippen LogP contribution in [0.15, 0.2) is 54.6 Å². The molecule has 0 bridgehead atoms. The first-order chi connectivity index (χ1) is 12.1. The molecule has 3 rings (SSSR count). The van der Waals surface area contributed by atoms with E-state index in [0.717, 1.165) is 17.7 Å². The molecule has 1 heterocycles. The monoisotopic (exact) mass is 338 g/mol. The largest absolute Gasteiger partial charge is 0.373 e. The summed E-state index contributed by atoms with van der Waals surface area (Å²) in [7, 11) is 1.64. The van der Waals surface area contributed by atoms with E-state index >= 15 is 0 Å². The molecule has 2 aromatic rings. The lowest BCUT2D eigenvalue weighted by Gasteiger charge is -2.27. The van der Waals surface area contributed by atoms with Crippen LogP contribution in [0.4, 0.5) is 5.69 Å². The number of benzene rings is 2. The van der Waals surface area contributed by atoms with Crippen LogP contribution in [0.2, 0.25) is 0 Å². The second-order valence-corrected chi connectivity index (χ2v) is 6.18. The summed E-state index contributed by atoms with van der Waals surface area (Å²) in [5.41, 5.74) is 3.03. The molecule has 130 valence electrons. The van der Waals surface area contributed by atoms with E-state index in [9.17, 15) is 9.59 Å². The van der Waals surface area contributed by atoms with Gasteiger partial charge in [-0.15, -0.1) is 0 Å². The van der Waals surface area contributed by atoms with Gasteiger partial charge in [-0.25, -0.2) is 0 Å². The highest BCUT2D eigenvalue weighted by atomic mass is 16.5. The fourth-order valence-electron chi connectivity index (χ4n) is 2.99. The molecule has 0 unspecified atom stereocenters. The standard InChI is InChI=1S/C20H22N2O3/c1-22(14-19(23)21-16-8-3-2-4-9-16)20(24)13-18-17-10-6-5-7-15(17)11-12-25-18/h2-10,18H,11-14H2,1H3,(H,21,23)/t18-/m1/s1. The van der Waals surface area contributed by atoms with E-state index in [2.05, 4.69) is 11.4 Å². The van der Waals surface area contributed by atoms with Crippen molar-refractivity contribution in [3.63, 3.8) is 0 Å². The van der Waals surface area contributed by atoms with Crippen molar-refractivity contribution in [1.29, 1.82) is 0 Å². The molecule has 0 radical (unpaired) electrons. The Labute approximate surface area is 147 Å². The number of hydrogen-bond acceptors (Lipinski definition) is 3. The maximum absolute atomic E-state index is 12.5. The van der Waals surface area contributed by atoms with Crippen molar-refractivity contribution in [2.45, 2.75) is 18.9 Å². The second kappa shape index (κ2) is 7.94. The van der Waals surface area contributed by atoms with E-state index in [-0.39, 0.29) is 30.9 Å². The van der Waals surface area contributed by atoms with Gasteiger partial charge in [-0.1, -0.05) is 42.5 Å². The van der Waals surface area contributed by atoms with E-state index in [1.165, 1.54) is 10.5 Å². The van der Waals surface area contributed by atoms with Crippen LogP contribution in [0.5, 0.6) is 0 Å². The number of anilines is 1. The first-order valence-corrected chi connectivity index (χ1v) is 8.42. The number of nitrogens with one attached hydrogen (secondary N) is 1. The third-order valence-electron chi connectivity index (χ3n) is 4.32. The molecule has 1 atom stereocenters. The quantitative estimate of drug-likeness (QED) is 0.912. The Bertz CT molecular complexity index is 746. The fourth-order valence-corrected chi connectivity index (χ4v) is 2.99. The number of hydrogen-bond donors (Lipinski definition) is 1. The van der Waals surface area contributed by atoms with Crippen molar-refractivity contribution >= 4 is 17.5 Å². The Morgan fingerprint density at radius 3 is 2.64 bits per heavy atom. The van der Waals surface area contributed by atoms with Crippen molar-refractivity contribution < 1.29 is 14.3 Å². The predicted octanol–water partition coefficient (Wildman–Crippen LogP) is 2.79. The Balaban J connectivity index is 1.55. The van der Waals surface area contributed by atoms with Gasteiger partial charge in [-0.3, -0.25) is 9.59 Å². The maximum atomic E-state index is 12.5. The molecule has 5 heteroatoms. The molecule has 2 aromatic carbocycles. The van der Waals surface area contributed by atoms with E-state index in [0.29, 0.717) is 6.61 Å². The topological polar surface area (TPSA) is 58.6 Å². The van der Waals surface area contributed by atoms with Gasteiger partial charge in [0.1, 0.15) is 0 Å². The van der Waals surface area contributed by atoms with Crippen LogP contribution in [0.25, 0.3) is 0 Å². The lowest BCUT2D eigenvalue weighted by Crippen LogP contribution is -2.36. The number of para-hydroxylation sites is 1. The SMILES string of the molecule is CN(CC(=O)Nc1ccccc1)C(=O)C[C@H]1OCCc2ccccc21. The Hall–Kier alpha value is -2.66. The molecule has 0 aromatic heterocycles. The van der Waals surface area contributed by atoms with Crippen LogP contribution in [-0.4, -0.2) is 36.9 Å². The number of rotatable bonds is 5. The van der Waals surface area contributed by atoms with E-state index in [1.54, 1.807) is 7.05 Å². The molecular formula is C20H22N2O3. The first kappa shape index (κ1) is 17.2. The second-order valence-electron chi connectivity index (χ2n) is 6.18. The van der Waals surface area contributed by atoms with Gasteiger partial charge in [0.25, 0.3) is 0 Å². The van der Waals surface area contributed by atoms with Crippen LogP contribution in [0, 0.1) is 0 Å². The number of fused-ring (bicyclic) bond motifs is 1. The summed E-state index contributed by atoms with van der Waals surface area (Å²) < 4.78 is 5.78. The Morgan fingerprint density at radius 2 is 1.84 bits per heavy atom. The number of nitrogens with zero attached hydrogens (tertiary/aromatic N) is 1. The summed E-state index contributed by atoms with van der Waals surface area (Å²) in [5.74, 6) is -0.322. The molecule has 2 amide bonds. The number of ether oxygens (including phenoxy) is 1. The highest BCUT2D eigenvalue weighted by molar-refractivity contribution is 5.94. The molecular weight excluding hydrogens is 316 g/mol. The van der Waals surface area contributed by atoms with Crippen LogP contribution in [0.3, 0.4) is 0 Å². The molecule has 1 N–H and O–H groups in total. The third-order valence-corrected chi connectivity index (χ3v) is 4.32. The van der Waals surface area contributed by atoms with Crippen molar-refractivity contribution in [2.75, 3.05) is 25.5 Å². The zero-order valence-corrected chi connectivity index (χ0v) is 14.3. The van der Waals surface area contributed by atoms with Crippen LogP contribution in [-0.2, 0) is 20.7 Å². The van der Waals surface area contributed by atoms with Crippen molar-refractivity contribution in [1.82, 2.24) is 4.90 Å². The van der Waals surface area contributed by atoms with Gasteiger partial charge in [0.15, 0.2) is 0 Å². The summed E-state index contributed by atoms with van der Waals surface area (Å²) in [6, 6.07) is 17.3. The molecule has 0 saturated heterocycles. The molecule has 25 heavy (non-hydrogen) atoms. The van der Waals surface area contributed by atoms with Gasteiger partial charge in [0, 0.05) is 12.7 Å². The normalized spacial score (nSPS) is 16.0. The molecule has 0 saturated carbocycles. The highest BCUT2D eigenvalue weighted by Gasteiger charge is 2.25. The minimum atomic E-state index is -0.239. The smallest absolute Gasteiger partial charge is 0.243 e. The summed E-state index contributed by atoms with van der Waals surface area (Å²) in [6.45, 7) is 0.634. The average Bonchev–Trinajstić information content (AvgIpc) is 2.62. The van der Waals surface area contributed by atoms with Crippen LogP contribution in [0.1, 0.15) is 23.7 Å². The van der Waals surface area contributed by atoms with Gasteiger partial charge in [0.05, 0.1) is 25.7 Å². The summed E-state index contributed by atoms with van der Waals surface area (Å²) in [4.78, 5) is 26.0. The zero-order valence-electron chi connectivity index (χ0n) is 14.3. The fraction of sp³-hybridized carbons (Fsp3) is 0.300. The van der Waals surface area contributed by atoms with Crippen LogP contribution >= 0.6 is 0 Å². The van der Waals surface area contributed by atoms with E-state index < -0.39 is 0 Å². The maximum Gasteiger partial charge on any atom is 0.243 e. The van der Waals surface area contributed by atoms with Gasteiger partial charge < -0.3 is 15.0 Å². The zero-order chi connectivity index (χ0) is 17.6. The Kier molecular flexibility index (Phi) is 5.46. The average molecular weight is 338 g/mol. The molecule has 0 aliphatic carbocycles. The summed E-state index contributed by atoms with van der Waals surface area (Å²) >= 11 is 0. The molecule has 0 fully saturated rings. The van der Waals surface area contributed by atoms with Crippen molar-refractivity contribution in [2.24, 2.45) is 0 Å².